The first kappa shape index (κ1) is 14.9. The van der Waals surface area contributed by atoms with Crippen LogP contribution < -0.4 is 10.0 Å². The molecule has 0 bridgehead atoms. The van der Waals surface area contributed by atoms with E-state index in [0.717, 1.165) is 18.9 Å². The van der Waals surface area contributed by atoms with Gasteiger partial charge >= 0.3 is 0 Å². The minimum Gasteiger partial charge on any atom is -0.314 e. The maximum atomic E-state index is 10.8. The van der Waals surface area contributed by atoms with Gasteiger partial charge in [-0.25, -0.2) is 13.1 Å². The van der Waals surface area contributed by atoms with Crippen LogP contribution in [0.2, 0.25) is 0 Å². The van der Waals surface area contributed by atoms with E-state index in [-0.39, 0.29) is 0 Å². The molecule has 0 spiro atoms. The highest BCUT2D eigenvalue weighted by Crippen LogP contribution is 2.26. The second-order valence-corrected chi connectivity index (χ2v) is 6.93. The molecule has 1 aliphatic carbocycles. The molecule has 0 aliphatic heterocycles. The van der Waals surface area contributed by atoms with Gasteiger partial charge in [-0.05, 0) is 44.6 Å². The van der Waals surface area contributed by atoms with E-state index in [9.17, 15) is 8.42 Å². The zero-order valence-corrected chi connectivity index (χ0v) is 11.9. The molecule has 1 aliphatic rings. The van der Waals surface area contributed by atoms with Crippen LogP contribution in [0.3, 0.4) is 0 Å². The summed E-state index contributed by atoms with van der Waals surface area (Å²) in [4.78, 5) is 0. The van der Waals surface area contributed by atoms with Gasteiger partial charge in [-0.15, -0.1) is 0 Å². The highest BCUT2D eigenvalue weighted by atomic mass is 32.2. The van der Waals surface area contributed by atoms with Gasteiger partial charge in [0.15, 0.2) is 0 Å². The maximum absolute atomic E-state index is 10.8. The van der Waals surface area contributed by atoms with Crippen LogP contribution in [0.25, 0.3) is 0 Å². The minimum atomic E-state index is -3.02. The molecule has 17 heavy (non-hydrogen) atoms. The van der Waals surface area contributed by atoms with Crippen molar-refractivity contribution in [2.45, 2.75) is 51.5 Å². The summed E-state index contributed by atoms with van der Waals surface area (Å²) >= 11 is 0. The zero-order valence-electron chi connectivity index (χ0n) is 11.0. The Labute approximate surface area is 106 Å². The van der Waals surface area contributed by atoms with E-state index in [1.54, 1.807) is 0 Å². The molecule has 0 aromatic carbocycles. The third-order valence-electron chi connectivity index (χ3n) is 3.57. The SMILES string of the molecule is CCC1CCC(NCCCNS(C)(=O)=O)CC1. The molecule has 0 amide bonds. The molecule has 102 valence electrons. The average molecular weight is 262 g/mol. The molecular weight excluding hydrogens is 236 g/mol. The van der Waals surface area contributed by atoms with Crippen LogP contribution in [0.15, 0.2) is 0 Å². The number of hydrogen-bond acceptors (Lipinski definition) is 3. The Hall–Kier alpha value is -0.130. The first-order chi connectivity index (χ1) is 8.01. The van der Waals surface area contributed by atoms with Crippen molar-refractivity contribution in [3.05, 3.63) is 0 Å². The van der Waals surface area contributed by atoms with Gasteiger partial charge in [-0.3, -0.25) is 0 Å². The molecule has 0 aromatic rings. The van der Waals surface area contributed by atoms with E-state index in [1.165, 1.54) is 38.4 Å². The number of hydrogen-bond donors (Lipinski definition) is 2. The standard InChI is InChI=1S/C12H26N2O2S/c1-3-11-5-7-12(8-6-11)13-9-4-10-14-17(2,15)16/h11-14H,3-10H2,1-2H3. The molecule has 0 heterocycles. The van der Waals surface area contributed by atoms with Crippen LogP contribution in [0, 0.1) is 5.92 Å². The highest BCUT2D eigenvalue weighted by Gasteiger charge is 2.18. The summed E-state index contributed by atoms with van der Waals surface area (Å²) in [5.74, 6) is 0.931. The van der Waals surface area contributed by atoms with E-state index in [1.807, 2.05) is 0 Å². The van der Waals surface area contributed by atoms with Crippen LogP contribution in [0.1, 0.15) is 45.4 Å². The average Bonchev–Trinajstić information content (AvgIpc) is 2.28. The second-order valence-electron chi connectivity index (χ2n) is 5.10. The number of sulfonamides is 1. The van der Waals surface area contributed by atoms with E-state index in [2.05, 4.69) is 17.0 Å². The molecule has 0 unspecified atom stereocenters. The van der Waals surface area contributed by atoms with Crippen LogP contribution in [-0.4, -0.2) is 33.8 Å². The van der Waals surface area contributed by atoms with Crippen LogP contribution in [0.5, 0.6) is 0 Å². The quantitative estimate of drug-likeness (QED) is 0.683. The maximum Gasteiger partial charge on any atom is 0.208 e. The fraction of sp³-hybridized carbons (Fsp3) is 1.00. The smallest absolute Gasteiger partial charge is 0.208 e. The Morgan fingerprint density at radius 3 is 2.29 bits per heavy atom. The van der Waals surface area contributed by atoms with Crippen LogP contribution >= 0.6 is 0 Å². The summed E-state index contributed by atoms with van der Waals surface area (Å²) in [6.07, 6.45) is 8.61. The Morgan fingerprint density at radius 1 is 1.12 bits per heavy atom. The molecule has 0 radical (unpaired) electrons. The van der Waals surface area contributed by atoms with Gasteiger partial charge in [0, 0.05) is 12.6 Å². The van der Waals surface area contributed by atoms with Crippen LogP contribution in [-0.2, 0) is 10.0 Å². The lowest BCUT2D eigenvalue weighted by Crippen LogP contribution is -2.35. The molecule has 0 saturated heterocycles. The molecule has 2 N–H and O–H groups in total. The van der Waals surface area contributed by atoms with Gasteiger partial charge in [0.2, 0.25) is 10.0 Å². The van der Waals surface area contributed by atoms with E-state index in [4.69, 9.17) is 0 Å². The molecule has 1 fully saturated rings. The third-order valence-corrected chi connectivity index (χ3v) is 4.30. The molecular formula is C12H26N2O2S. The van der Waals surface area contributed by atoms with Crippen molar-refractivity contribution in [1.82, 2.24) is 10.0 Å². The van der Waals surface area contributed by atoms with Crippen molar-refractivity contribution in [2.75, 3.05) is 19.3 Å². The van der Waals surface area contributed by atoms with Crippen molar-refractivity contribution >= 4 is 10.0 Å². The summed E-state index contributed by atoms with van der Waals surface area (Å²) in [6.45, 7) is 3.72. The van der Waals surface area contributed by atoms with Crippen molar-refractivity contribution in [1.29, 1.82) is 0 Å². The normalized spacial score (nSPS) is 26.0. The predicted octanol–water partition coefficient (Wildman–Crippen LogP) is 1.48. The summed E-state index contributed by atoms with van der Waals surface area (Å²) < 4.78 is 24.2. The summed E-state index contributed by atoms with van der Waals surface area (Å²) in [7, 11) is -3.02. The Balaban J connectivity index is 2.01. The second kappa shape index (κ2) is 7.34. The fourth-order valence-corrected chi connectivity index (χ4v) is 2.94. The van der Waals surface area contributed by atoms with Gasteiger partial charge in [-0.1, -0.05) is 13.3 Å². The molecule has 0 atom stereocenters. The monoisotopic (exact) mass is 262 g/mol. The topological polar surface area (TPSA) is 58.2 Å². The first-order valence-corrected chi connectivity index (χ1v) is 8.58. The van der Waals surface area contributed by atoms with Gasteiger partial charge < -0.3 is 5.32 Å². The summed E-state index contributed by atoms with van der Waals surface area (Å²) in [6, 6.07) is 0.649. The third kappa shape index (κ3) is 7.01. The Bertz CT molecular complexity index is 296. The van der Waals surface area contributed by atoms with Gasteiger partial charge in [0.05, 0.1) is 6.26 Å². The van der Waals surface area contributed by atoms with E-state index in [0.29, 0.717) is 12.6 Å². The lowest BCUT2D eigenvalue weighted by Gasteiger charge is -2.28. The van der Waals surface area contributed by atoms with Gasteiger partial charge in [-0.2, -0.15) is 0 Å². The van der Waals surface area contributed by atoms with Crippen LogP contribution in [0.4, 0.5) is 0 Å². The largest absolute Gasteiger partial charge is 0.314 e. The predicted molar refractivity (Wildman–Crippen MR) is 71.5 cm³/mol. The van der Waals surface area contributed by atoms with Gasteiger partial charge in [0.25, 0.3) is 0 Å². The Morgan fingerprint density at radius 2 is 1.76 bits per heavy atom. The van der Waals surface area contributed by atoms with Crippen molar-refractivity contribution in [3.8, 4) is 0 Å². The number of nitrogens with one attached hydrogen (secondary N) is 2. The minimum absolute atomic E-state index is 0.538. The summed E-state index contributed by atoms with van der Waals surface area (Å²) in [5.41, 5.74) is 0. The van der Waals surface area contributed by atoms with E-state index >= 15 is 0 Å². The van der Waals surface area contributed by atoms with Crippen molar-refractivity contribution < 1.29 is 8.42 Å². The molecule has 5 heteroatoms. The Kier molecular flexibility index (Phi) is 6.44. The lowest BCUT2D eigenvalue weighted by molar-refractivity contribution is 0.286. The molecule has 1 saturated carbocycles. The van der Waals surface area contributed by atoms with Crippen molar-refractivity contribution in [2.24, 2.45) is 5.92 Å². The number of rotatable bonds is 7. The highest BCUT2D eigenvalue weighted by molar-refractivity contribution is 7.88. The molecule has 1 rings (SSSR count). The van der Waals surface area contributed by atoms with Gasteiger partial charge in [0.1, 0.15) is 0 Å². The fourth-order valence-electron chi connectivity index (χ4n) is 2.43. The summed E-state index contributed by atoms with van der Waals surface area (Å²) in [5, 5.41) is 3.52. The molecule has 0 aromatic heterocycles. The molecule has 4 nitrogen and oxygen atoms in total. The zero-order chi connectivity index (χ0) is 12.7. The van der Waals surface area contributed by atoms with E-state index < -0.39 is 10.0 Å². The lowest BCUT2D eigenvalue weighted by atomic mass is 9.84. The van der Waals surface area contributed by atoms with Crippen molar-refractivity contribution in [3.63, 3.8) is 0 Å². The first-order valence-electron chi connectivity index (χ1n) is 6.69.